The van der Waals surface area contributed by atoms with Crippen molar-refractivity contribution in [3.63, 3.8) is 0 Å². The van der Waals surface area contributed by atoms with E-state index in [-0.39, 0.29) is 30.1 Å². The molecule has 4 aromatic rings. The lowest BCUT2D eigenvalue weighted by Gasteiger charge is -2.38. The molecular formula is C32H34ClFN2O4S. The van der Waals surface area contributed by atoms with Crippen molar-refractivity contribution in [3.8, 4) is 5.88 Å². The van der Waals surface area contributed by atoms with Gasteiger partial charge >= 0.3 is 0 Å². The Labute approximate surface area is 245 Å². The standard InChI is InChI=1S/C32H34ClFN2O4S/c1-4-21(17-22-5-11-26(34)12-6-22)20-32(37,15-16-35)30(23-7-9-25(33)10-8-23)28-19-24-18-27(41(3,38)39)13-14-29(24)36-31(28)40-2/h4-14,18-19,30,37H,15-17,20,35H2,1-3H3/b21-4+. The largest absolute Gasteiger partial charge is 0.481 e. The second-order valence-electron chi connectivity index (χ2n) is 10.3. The molecule has 1 aromatic heterocycles. The van der Waals surface area contributed by atoms with E-state index in [9.17, 15) is 17.9 Å². The molecule has 0 spiro atoms. The second-order valence-corrected chi connectivity index (χ2v) is 12.7. The van der Waals surface area contributed by atoms with Crippen molar-refractivity contribution in [2.24, 2.45) is 5.73 Å². The molecule has 41 heavy (non-hydrogen) atoms. The molecule has 0 radical (unpaired) electrons. The van der Waals surface area contributed by atoms with E-state index in [1.165, 1.54) is 25.3 Å². The van der Waals surface area contributed by atoms with E-state index in [0.29, 0.717) is 33.8 Å². The number of halogens is 2. The zero-order valence-corrected chi connectivity index (χ0v) is 24.8. The number of hydrogen-bond acceptors (Lipinski definition) is 6. The molecule has 0 aliphatic rings. The van der Waals surface area contributed by atoms with Gasteiger partial charge in [-0.25, -0.2) is 17.8 Å². The third kappa shape index (κ3) is 7.13. The SMILES string of the molecule is C/C=C(\Cc1ccc(F)cc1)CC(O)(CCN)C(c1ccc(Cl)cc1)c1cc2cc(S(C)(=O)=O)ccc2nc1OC. The molecule has 6 nitrogen and oxygen atoms in total. The fourth-order valence-electron chi connectivity index (χ4n) is 5.30. The summed E-state index contributed by atoms with van der Waals surface area (Å²) < 4.78 is 43.9. The first-order chi connectivity index (χ1) is 19.5. The van der Waals surface area contributed by atoms with E-state index >= 15 is 0 Å². The smallest absolute Gasteiger partial charge is 0.217 e. The highest BCUT2D eigenvalue weighted by Crippen LogP contribution is 2.45. The van der Waals surface area contributed by atoms with Crippen molar-refractivity contribution in [3.05, 3.63) is 112 Å². The molecule has 0 aliphatic carbocycles. The predicted octanol–water partition coefficient (Wildman–Crippen LogP) is 6.23. The molecule has 0 saturated heterocycles. The Kier molecular flexibility index (Phi) is 9.49. The quantitative estimate of drug-likeness (QED) is 0.199. The molecule has 4 rings (SSSR count). The highest BCUT2D eigenvalue weighted by Gasteiger charge is 2.41. The van der Waals surface area contributed by atoms with Crippen LogP contribution in [0.5, 0.6) is 5.88 Å². The molecular weight excluding hydrogens is 563 g/mol. The first-order valence-electron chi connectivity index (χ1n) is 13.2. The number of allylic oxidation sites excluding steroid dienone is 1. The molecule has 0 amide bonds. The number of rotatable bonds is 11. The van der Waals surface area contributed by atoms with E-state index in [4.69, 9.17) is 27.1 Å². The third-order valence-corrected chi connectivity index (χ3v) is 8.68. The summed E-state index contributed by atoms with van der Waals surface area (Å²) in [5.41, 5.74) is 8.45. The first kappa shape index (κ1) is 30.7. The lowest BCUT2D eigenvalue weighted by Crippen LogP contribution is -2.40. The molecule has 2 unspecified atom stereocenters. The Balaban J connectivity index is 1.90. The van der Waals surface area contributed by atoms with Crippen LogP contribution in [0, 0.1) is 5.82 Å². The maximum Gasteiger partial charge on any atom is 0.217 e. The van der Waals surface area contributed by atoms with Gasteiger partial charge in [-0.3, -0.25) is 0 Å². The normalized spacial score (nSPS) is 14.6. The summed E-state index contributed by atoms with van der Waals surface area (Å²) >= 11 is 6.23. The van der Waals surface area contributed by atoms with Crippen LogP contribution in [0.2, 0.25) is 5.02 Å². The molecule has 9 heteroatoms. The fourth-order valence-corrected chi connectivity index (χ4v) is 6.08. The van der Waals surface area contributed by atoms with E-state index in [0.717, 1.165) is 23.0 Å². The van der Waals surface area contributed by atoms with Crippen LogP contribution >= 0.6 is 11.6 Å². The van der Waals surface area contributed by atoms with E-state index in [2.05, 4.69) is 0 Å². The van der Waals surface area contributed by atoms with Crippen LogP contribution in [0.25, 0.3) is 10.9 Å². The maximum atomic E-state index is 13.5. The number of aliphatic hydroxyl groups is 1. The molecule has 3 N–H and O–H groups in total. The Morgan fingerprint density at radius 1 is 1.12 bits per heavy atom. The van der Waals surface area contributed by atoms with Gasteiger partial charge in [0.15, 0.2) is 9.84 Å². The Bertz CT molecular complexity index is 1660. The van der Waals surface area contributed by atoms with Gasteiger partial charge in [-0.1, -0.05) is 47.5 Å². The van der Waals surface area contributed by atoms with Crippen molar-refractivity contribution in [1.29, 1.82) is 0 Å². The molecule has 0 fully saturated rings. The molecule has 216 valence electrons. The van der Waals surface area contributed by atoms with Crippen molar-refractivity contribution < 1.29 is 22.7 Å². The number of pyridine rings is 1. The number of methoxy groups -OCH3 is 1. The first-order valence-corrected chi connectivity index (χ1v) is 15.5. The molecule has 3 aromatic carbocycles. The lowest BCUT2D eigenvalue weighted by molar-refractivity contribution is 0.0164. The van der Waals surface area contributed by atoms with Gasteiger partial charge in [-0.15, -0.1) is 0 Å². The van der Waals surface area contributed by atoms with Gasteiger partial charge < -0.3 is 15.6 Å². The van der Waals surface area contributed by atoms with Crippen molar-refractivity contribution in [2.45, 2.75) is 42.6 Å². The lowest BCUT2D eigenvalue weighted by atomic mass is 9.72. The average Bonchev–Trinajstić information content (AvgIpc) is 2.94. The Hall–Kier alpha value is -3.30. The minimum absolute atomic E-state index is 0.165. The van der Waals surface area contributed by atoms with Gasteiger partial charge in [-0.2, -0.15) is 0 Å². The number of ether oxygens (including phenoxy) is 1. The van der Waals surface area contributed by atoms with Crippen LogP contribution < -0.4 is 10.5 Å². The molecule has 0 bridgehead atoms. The van der Waals surface area contributed by atoms with Gasteiger partial charge in [0.25, 0.3) is 0 Å². The third-order valence-electron chi connectivity index (χ3n) is 7.32. The summed E-state index contributed by atoms with van der Waals surface area (Å²) in [5.74, 6) is -0.672. The van der Waals surface area contributed by atoms with Gasteiger partial charge in [0.1, 0.15) is 5.82 Å². The van der Waals surface area contributed by atoms with E-state index in [1.807, 2.05) is 31.2 Å². The van der Waals surface area contributed by atoms with Crippen molar-refractivity contribution in [1.82, 2.24) is 4.98 Å². The zero-order chi connectivity index (χ0) is 29.8. The zero-order valence-electron chi connectivity index (χ0n) is 23.3. The van der Waals surface area contributed by atoms with Gasteiger partial charge in [0.05, 0.1) is 23.1 Å². The number of aromatic nitrogens is 1. The predicted molar refractivity (Wildman–Crippen MR) is 162 cm³/mol. The summed E-state index contributed by atoms with van der Waals surface area (Å²) in [6.07, 6.45) is 4.13. The van der Waals surface area contributed by atoms with Gasteiger partial charge in [0.2, 0.25) is 5.88 Å². The Morgan fingerprint density at radius 2 is 1.80 bits per heavy atom. The minimum atomic E-state index is -3.46. The molecule has 2 atom stereocenters. The van der Waals surface area contributed by atoms with E-state index < -0.39 is 21.4 Å². The van der Waals surface area contributed by atoms with Crippen molar-refractivity contribution >= 4 is 32.3 Å². The van der Waals surface area contributed by atoms with Crippen LogP contribution in [-0.4, -0.2) is 44.0 Å². The molecule has 0 saturated carbocycles. The number of fused-ring (bicyclic) bond motifs is 1. The Morgan fingerprint density at radius 3 is 2.39 bits per heavy atom. The monoisotopic (exact) mass is 596 g/mol. The number of nitrogens with zero attached hydrogens (tertiary/aromatic N) is 1. The average molecular weight is 597 g/mol. The van der Waals surface area contributed by atoms with Gasteiger partial charge in [-0.05, 0) is 92.4 Å². The number of nitrogens with two attached hydrogens (primary N) is 1. The van der Waals surface area contributed by atoms with Crippen LogP contribution in [0.1, 0.15) is 42.4 Å². The van der Waals surface area contributed by atoms with Crippen LogP contribution in [-0.2, 0) is 16.3 Å². The summed E-state index contributed by atoms with van der Waals surface area (Å²) in [4.78, 5) is 4.86. The highest BCUT2D eigenvalue weighted by atomic mass is 35.5. The summed E-state index contributed by atoms with van der Waals surface area (Å²) in [6, 6.07) is 20.1. The van der Waals surface area contributed by atoms with Crippen LogP contribution in [0.4, 0.5) is 4.39 Å². The summed E-state index contributed by atoms with van der Waals surface area (Å²) in [6.45, 7) is 2.11. The maximum absolute atomic E-state index is 13.5. The minimum Gasteiger partial charge on any atom is -0.481 e. The van der Waals surface area contributed by atoms with Crippen LogP contribution in [0.15, 0.2) is 89.3 Å². The number of hydrogen-bond donors (Lipinski definition) is 2. The number of benzene rings is 3. The summed E-state index contributed by atoms with van der Waals surface area (Å²) in [5, 5.41) is 13.7. The van der Waals surface area contributed by atoms with Crippen LogP contribution in [0.3, 0.4) is 0 Å². The van der Waals surface area contributed by atoms with Gasteiger partial charge in [0, 0.05) is 28.1 Å². The van der Waals surface area contributed by atoms with Crippen molar-refractivity contribution in [2.75, 3.05) is 19.9 Å². The highest BCUT2D eigenvalue weighted by molar-refractivity contribution is 7.90. The number of sulfone groups is 1. The molecule has 0 aliphatic heterocycles. The second kappa shape index (κ2) is 12.7. The topological polar surface area (TPSA) is 103 Å². The fraction of sp³-hybridized carbons (Fsp3) is 0.281. The summed E-state index contributed by atoms with van der Waals surface area (Å²) in [7, 11) is -1.95. The van der Waals surface area contributed by atoms with E-state index in [1.54, 1.807) is 36.4 Å². The molecule has 1 heterocycles.